The maximum absolute atomic E-state index is 12.0. The summed E-state index contributed by atoms with van der Waals surface area (Å²) in [5, 5.41) is 9.14. The maximum Gasteiger partial charge on any atom is 0.222 e. The number of nitrogens with zero attached hydrogens (tertiary/aromatic N) is 1. The van der Waals surface area contributed by atoms with Crippen molar-refractivity contribution in [2.24, 2.45) is 4.99 Å². The molecule has 1 heterocycles. The lowest BCUT2D eigenvalue weighted by molar-refractivity contribution is -0.121. The van der Waals surface area contributed by atoms with Crippen LogP contribution in [0.3, 0.4) is 0 Å². The van der Waals surface area contributed by atoms with Gasteiger partial charge in [0.05, 0.1) is 18.6 Å². The Balaban J connectivity index is 0.00000480. The maximum atomic E-state index is 12.0. The van der Waals surface area contributed by atoms with E-state index in [0.29, 0.717) is 31.4 Å². The van der Waals surface area contributed by atoms with Gasteiger partial charge >= 0.3 is 0 Å². The van der Waals surface area contributed by atoms with Crippen molar-refractivity contribution in [1.82, 2.24) is 16.0 Å². The number of ether oxygens (including phenoxy) is 1. The Labute approximate surface area is 202 Å². The first kappa shape index (κ1) is 27.5. The third-order valence-corrected chi connectivity index (χ3v) is 6.87. The van der Waals surface area contributed by atoms with Crippen molar-refractivity contribution >= 4 is 45.7 Å². The van der Waals surface area contributed by atoms with E-state index in [1.807, 2.05) is 19.1 Å². The van der Waals surface area contributed by atoms with E-state index in [9.17, 15) is 13.2 Å². The zero-order chi connectivity index (χ0) is 22.0. The van der Waals surface area contributed by atoms with Crippen LogP contribution in [-0.2, 0) is 14.6 Å². The Hall–Kier alpha value is -1.56. The molecule has 1 aromatic carbocycles. The molecule has 1 aliphatic heterocycles. The Morgan fingerprint density at radius 1 is 1.26 bits per heavy atom. The highest BCUT2D eigenvalue weighted by Crippen LogP contribution is 2.21. The van der Waals surface area contributed by atoms with Gasteiger partial charge in [0.1, 0.15) is 5.75 Å². The van der Waals surface area contributed by atoms with Gasteiger partial charge in [-0.15, -0.1) is 24.0 Å². The predicted molar refractivity (Wildman–Crippen MR) is 135 cm³/mol. The molecule has 2 rings (SSSR count). The monoisotopic (exact) mass is 566 g/mol. The topological polar surface area (TPSA) is 109 Å². The van der Waals surface area contributed by atoms with Gasteiger partial charge in [-0.1, -0.05) is 19.1 Å². The third-order valence-electron chi connectivity index (χ3n) is 5.10. The largest absolute Gasteiger partial charge is 0.497 e. The van der Waals surface area contributed by atoms with Crippen molar-refractivity contribution in [3.05, 3.63) is 29.8 Å². The van der Waals surface area contributed by atoms with Crippen LogP contribution in [0.15, 0.2) is 29.3 Å². The number of halogens is 1. The van der Waals surface area contributed by atoms with E-state index in [1.165, 1.54) is 5.56 Å². The van der Waals surface area contributed by atoms with Crippen molar-refractivity contribution < 1.29 is 17.9 Å². The van der Waals surface area contributed by atoms with Crippen molar-refractivity contribution in [3.8, 4) is 5.75 Å². The number of sulfone groups is 1. The van der Waals surface area contributed by atoms with E-state index in [4.69, 9.17) is 4.74 Å². The molecule has 10 heteroatoms. The second-order valence-corrected chi connectivity index (χ2v) is 9.80. The first-order chi connectivity index (χ1) is 14.3. The molecule has 1 fully saturated rings. The van der Waals surface area contributed by atoms with Crippen LogP contribution in [0.4, 0.5) is 0 Å². The number of guanidine groups is 1. The van der Waals surface area contributed by atoms with Crippen LogP contribution in [0.2, 0.25) is 0 Å². The number of amides is 1. The number of aliphatic imine (C=N–C) groups is 1. The molecule has 0 spiro atoms. The highest BCUT2D eigenvalue weighted by atomic mass is 127. The van der Waals surface area contributed by atoms with E-state index in [-0.39, 0.29) is 53.9 Å². The molecule has 3 N–H and O–H groups in total. The molecule has 1 aliphatic rings. The number of hydrogen-bond acceptors (Lipinski definition) is 5. The molecule has 176 valence electrons. The Kier molecular flexibility index (Phi) is 12.2. The summed E-state index contributed by atoms with van der Waals surface area (Å²) in [6.07, 6.45) is 1.67. The lowest BCUT2D eigenvalue weighted by Gasteiger charge is -2.14. The van der Waals surface area contributed by atoms with Crippen LogP contribution in [-0.4, -0.2) is 64.6 Å². The van der Waals surface area contributed by atoms with Gasteiger partial charge in [0.15, 0.2) is 15.8 Å². The fraction of sp³-hybridized carbons (Fsp3) is 0.619. The number of carbonyl (C=O) groups is 1. The second-order valence-electron chi connectivity index (χ2n) is 7.57. The fourth-order valence-electron chi connectivity index (χ4n) is 3.31. The summed E-state index contributed by atoms with van der Waals surface area (Å²) in [5.41, 5.74) is 1.24. The van der Waals surface area contributed by atoms with Crippen LogP contribution in [0.25, 0.3) is 0 Å². The van der Waals surface area contributed by atoms with E-state index in [2.05, 4.69) is 40.0 Å². The van der Waals surface area contributed by atoms with Crippen molar-refractivity contribution in [3.63, 3.8) is 0 Å². The summed E-state index contributed by atoms with van der Waals surface area (Å²) in [6.45, 7) is 5.99. The normalized spacial score (nSPS) is 18.5. The molecule has 0 saturated carbocycles. The Morgan fingerprint density at radius 2 is 1.97 bits per heavy atom. The summed E-state index contributed by atoms with van der Waals surface area (Å²) >= 11 is 0. The van der Waals surface area contributed by atoms with Crippen LogP contribution >= 0.6 is 24.0 Å². The van der Waals surface area contributed by atoms with Gasteiger partial charge in [-0.3, -0.25) is 9.79 Å². The zero-order valence-corrected chi connectivity index (χ0v) is 21.7. The first-order valence-corrected chi connectivity index (χ1v) is 12.3. The Bertz CT molecular complexity index is 815. The number of rotatable bonds is 10. The molecule has 8 nitrogen and oxygen atoms in total. The summed E-state index contributed by atoms with van der Waals surface area (Å²) in [4.78, 5) is 16.6. The van der Waals surface area contributed by atoms with Gasteiger partial charge in [0.2, 0.25) is 5.91 Å². The molecule has 2 atom stereocenters. The predicted octanol–water partition coefficient (Wildman–Crippen LogP) is 2.06. The minimum atomic E-state index is -2.99. The molecule has 2 unspecified atom stereocenters. The molecular formula is C21H35IN4O4S. The number of hydrogen-bond donors (Lipinski definition) is 3. The van der Waals surface area contributed by atoms with Crippen molar-refractivity contribution in [2.45, 2.75) is 45.1 Å². The summed E-state index contributed by atoms with van der Waals surface area (Å²) < 4.78 is 28.1. The fourth-order valence-corrected chi connectivity index (χ4v) is 4.99. The van der Waals surface area contributed by atoms with Gasteiger partial charge in [-0.25, -0.2) is 8.42 Å². The van der Waals surface area contributed by atoms with Crippen LogP contribution in [0.5, 0.6) is 5.75 Å². The quantitative estimate of drug-likeness (QED) is 0.227. The molecule has 31 heavy (non-hydrogen) atoms. The Morgan fingerprint density at radius 3 is 2.55 bits per heavy atom. The number of carbonyl (C=O) groups excluding carboxylic acids is 1. The van der Waals surface area contributed by atoms with Crippen LogP contribution < -0.4 is 20.7 Å². The molecule has 0 bridgehead atoms. The lowest BCUT2D eigenvalue weighted by Crippen LogP contribution is -2.41. The van der Waals surface area contributed by atoms with Gasteiger partial charge in [-0.2, -0.15) is 0 Å². The molecule has 1 amide bonds. The SMILES string of the molecule is CCNC(=NCCC(C)c1ccc(OC)cc1)NCCC(=O)NC1CCS(=O)(=O)C1.I. The van der Waals surface area contributed by atoms with Crippen molar-refractivity contribution in [2.75, 3.05) is 38.2 Å². The average molecular weight is 567 g/mol. The van der Waals surface area contributed by atoms with Crippen LogP contribution in [0.1, 0.15) is 44.6 Å². The minimum Gasteiger partial charge on any atom is -0.497 e. The van der Waals surface area contributed by atoms with E-state index >= 15 is 0 Å². The molecule has 1 aromatic rings. The van der Waals surface area contributed by atoms with Gasteiger partial charge in [-0.05, 0) is 43.4 Å². The summed E-state index contributed by atoms with van der Waals surface area (Å²) in [6, 6.07) is 7.82. The number of methoxy groups -OCH3 is 1. The molecular weight excluding hydrogens is 531 g/mol. The standard InChI is InChI=1S/C21H34N4O4S.HI/c1-4-22-21(23-12-9-16(2)17-5-7-19(29-3)8-6-17)24-13-10-20(26)25-18-11-14-30(27,28)15-18;/h5-8,16,18H,4,9-15H2,1-3H3,(H,25,26)(H2,22,23,24);1H. The number of nitrogens with one attached hydrogen (secondary N) is 3. The second kappa shape index (κ2) is 13.8. The first-order valence-electron chi connectivity index (χ1n) is 10.5. The highest BCUT2D eigenvalue weighted by molar-refractivity contribution is 14.0. The third kappa shape index (κ3) is 10.1. The average Bonchev–Trinajstić information content (AvgIpc) is 3.06. The smallest absolute Gasteiger partial charge is 0.222 e. The zero-order valence-electron chi connectivity index (χ0n) is 18.5. The highest BCUT2D eigenvalue weighted by Gasteiger charge is 2.28. The van der Waals surface area contributed by atoms with E-state index in [0.717, 1.165) is 18.7 Å². The number of benzene rings is 1. The molecule has 1 saturated heterocycles. The lowest BCUT2D eigenvalue weighted by atomic mass is 9.98. The van der Waals surface area contributed by atoms with Gasteiger partial charge in [0, 0.05) is 32.1 Å². The summed E-state index contributed by atoms with van der Waals surface area (Å²) in [7, 11) is -1.33. The van der Waals surface area contributed by atoms with Crippen LogP contribution in [0, 0.1) is 0 Å². The molecule has 0 radical (unpaired) electrons. The van der Waals surface area contributed by atoms with Crippen molar-refractivity contribution in [1.29, 1.82) is 0 Å². The summed E-state index contributed by atoms with van der Waals surface area (Å²) in [5.74, 6) is 1.95. The minimum absolute atomic E-state index is 0. The van der Waals surface area contributed by atoms with Gasteiger partial charge < -0.3 is 20.7 Å². The van der Waals surface area contributed by atoms with E-state index in [1.54, 1.807) is 7.11 Å². The van der Waals surface area contributed by atoms with E-state index < -0.39 is 9.84 Å². The van der Waals surface area contributed by atoms with Gasteiger partial charge in [0.25, 0.3) is 0 Å². The molecule has 0 aromatic heterocycles. The molecule has 0 aliphatic carbocycles.